The number of aliphatic hydroxyl groups is 1. The van der Waals surface area contributed by atoms with Gasteiger partial charge in [0.15, 0.2) is 0 Å². The predicted molar refractivity (Wildman–Crippen MR) is 75.8 cm³/mol. The SMILES string of the molecule is CCOC(=O)CC(C)(O)C=CCCc1ccccc1. The Kier molecular flexibility index (Phi) is 6.30. The number of esters is 1. The third-order valence-electron chi connectivity index (χ3n) is 2.73. The first-order chi connectivity index (χ1) is 9.03. The van der Waals surface area contributed by atoms with Crippen molar-refractivity contribution >= 4 is 5.97 Å². The minimum atomic E-state index is -1.14. The summed E-state index contributed by atoms with van der Waals surface area (Å²) in [6.45, 7) is 3.71. The molecule has 0 bridgehead atoms. The van der Waals surface area contributed by atoms with Crippen LogP contribution in [0.5, 0.6) is 0 Å². The lowest BCUT2D eigenvalue weighted by Crippen LogP contribution is -2.26. The molecule has 104 valence electrons. The average molecular weight is 262 g/mol. The van der Waals surface area contributed by atoms with Crippen LogP contribution in [-0.2, 0) is 16.0 Å². The Labute approximate surface area is 114 Å². The standard InChI is InChI=1S/C16H22O3/c1-3-19-15(17)13-16(2,18)12-8-7-11-14-9-5-4-6-10-14/h4-6,8-10,12,18H,3,7,11,13H2,1-2H3. The van der Waals surface area contributed by atoms with Gasteiger partial charge in [0.25, 0.3) is 0 Å². The van der Waals surface area contributed by atoms with E-state index in [0.29, 0.717) is 6.61 Å². The van der Waals surface area contributed by atoms with Crippen molar-refractivity contribution in [2.75, 3.05) is 6.61 Å². The maximum atomic E-state index is 11.3. The molecule has 3 heteroatoms. The van der Waals surface area contributed by atoms with Crippen LogP contribution >= 0.6 is 0 Å². The van der Waals surface area contributed by atoms with E-state index in [-0.39, 0.29) is 12.4 Å². The number of carbonyl (C=O) groups is 1. The van der Waals surface area contributed by atoms with Gasteiger partial charge in [0.2, 0.25) is 0 Å². The van der Waals surface area contributed by atoms with E-state index < -0.39 is 5.60 Å². The fourth-order valence-electron chi connectivity index (χ4n) is 1.80. The molecule has 0 saturated carbocycles. The normalized spacial score (nSPS) is 14.3. The molecule has 0 aliphatic rings. The molecule has 1 atom stereocenters. The van der Waals surface area contributed by atoms with Crippen LogP contribution < -0.4 is 0 Å². The van der Waals surface area contributed by atoms with Gasteiger partial charge in [-0.25, -0.2) is 0 Å². The van der Waals surface area contributed by atoms with Gasteiger partial charge < -0.3 is 9.84 Å². The van der Waals surface area contributed by atoms with Crippen molar-refractivity contribution in [3.05, 3.63) is 48.0 Å². The monoisotopic (exact) mass is 262 g/mol. The van der Waals surface area contributed by atoms with Gasteiger partial charge in [-0.1, -0.05) is 42.5 Å². The Morgan fingerprint density at radius 1 is 1.37 bits per heavy atom. The molecule has 3 nitrogen and oxygen atoms in total. The van der Waals surface area contributed by atoms with Crippen LogP contribution in [0.25, 0.3) is 0 Å². The highest BCUT2D eigenvalue weighted by molar-refractivity contribution is 5.71. The van der Waals surface area contributed by atoms with Crippen LogP contribution in [0.2, 0.25) is 0 Å². The van der Waals surface area contributed by atoms with E-state index in [1.807, 2.05) is 24.3 Å². The van der Waals surface area contributed by atoms with Crippen LogP contribution in [0, 0.1) is 0 Å². The molecule has 1 N–H and O–H groups in total. The topological polar surface area (TPSA) is 46.5 Å². The van der Waals surface area contributed by atoms with Gasteiger partial charge in [-0.05, 0) is 32.3 Å². The molecule has 0 aromatic heterocycles. The molecule has 1 unspecified atom stereocenters. The zero-order valence-corrected chi connectivity index (χ0v) is 11.6. The Hall–Kier alpha value is -1.61. The Balaban J connectivity index is 2.36. The van der Waals surface area contributed by atoms with E-state index in [9.17, 15) is 9.90 Å². The number of carbonyl (C=O) groups excluding carboxylic acids is 1. The lowest BCUT2D eigenvalue weighted by molar-refractivity contribution is -0.146. The van der Waals surface area contributed by atoms with E-state index >= 15 is 0 Å². The second-order valence-electron chi connectivity index (χ2n) is 4.77. The third kappa shape index (κ3) is 6.77. The molecule has 0 heterocycles. The number of hydrogen-bond donors (Lipinski definition) is 1. The smallest absolute Gasteiger partial charge is 0.309 e. The maximum absolute atomic E-state index is 11.3. The average Bonchev–Trinajstić information content (AvgIpc) is 2.35. The quantitative estimate of drug-likeness (QED) is 0.607. The van der Waals surface area contributed by atoms with Crippen molar-refractivity contribution in [2.24, 2.45) is 0 Å². The molecule has 0 amide bonds. The third-order valence-corrected chi connectivity index (χ3v) is 2.73. The Bertz CT molecular complexity index is 407. The molecule has 0 radical (unpaired) electrons. The van der Waals surface area contributed by atoms with E-state index in [0.717, 1.165) is 12.8 Å². The van der Waals surface area contributed by atoms with Crippen molar-refractivity contribution < 1.29 is 14.6 Å². The zero-order chi connectivity index (χ0) is 14.1. The molecule has 19 heavy (non-hydrogen) atoms. The molecule has 0 aliphatic heterocycles. The van der Waals surface area contributed by atoms with E-state index in [2.05, 4.69) is 12.1 Å². The summed E-state index contributed by atoms with van der Waals surface area (Å²) in [5.74, 6) is -0.375. The van der Waals surface area contributed by atoms with Crippen LogP contribution in [0.4, 0.5) is 0 Å². The Morgan fingerprint density at radius 3 is 2.68 bits per heavy atom. The predicted octanol–water partition coefficient (Wildman–Crippen LogP) is 2.88. The molecule has 1 aromatic carbocycles. The molecule has 0 spiro atoms. The minimum Gasteiger partial charge on any atom is -0.466 e. The minimum absolute atomic E-state index is 0.0112. The zero-order valence-electron chi connectivity index (χ0n) is 11.6. The molecular weight excluding hydrogens is 240 g/mol. The van der Waals surface area contributed by atoms with Crippen LogP contribution in [-0.4, -0.2) is 23.3 Å². The van der Waals surface area contributed by atoms with Gasteiger partial charge in [0.05, 0.1) is 18.6 Å². The summed E-state index contributed by atoms with van der Waals surface area (Å²) in [7, 11) is 0. The first-order valence-electron chi connectivity index (χ1n) is 6.63. The highest BCUT2D eigenvalue weighted by Gasteiger charge is 2.21. The number of aryl methyl sites for hydroxylation is 1. The second-order valence-corrected chi connectivity index (χ2v) is 4.77. The summed E-state index contributed by atoms with van der Waals surface area (Å²) in [5.41, 5.74) is 0.125. The van der Waals surface area contributed by atoms with Crippen molar-refractivity contribution in [1.29, 1.82) is 0 Å². The molecule has 0 aliphatic carbocycles. The van der Waals surface area contributed by atoms with E-state index in [4.69, 9.17) is 4.74 Å². The van der Waals surface area contributed by atoms with Gasteiger partial charge in [0.1, 0.15) is 0 Å². The fraction of sp³-hybridized carbons (Fsp3) is 0.438. The van der Waals surface area contributed by atoms with Crippen molar-refractivity contribution in [2.45, 2.75) is 38.7 Å². The lowest BCUT2D eigenvalue weighted by Gasteiger charge is -2.17. The van der Waals surface area contributed by atoms with Crippen molar-refractivity contribution in [3.63, 3.8) is 0 Å². The van der Waals surface area contributed by atoms with Gasteiger partial charge in [0, 0.05) is 0 Å². The highest BCUT2D eigenvalue weighted by Crippen LogP contribution is 2.13. The van der Waals surface area contributed by atoms with E-state index in [1.54, 1.807) is 19.9 Å². The summed E-state index contributed by atoms with van der Waals surface area (Å²) in [6.07, 6.45) is 5.33. The maximum Gasteiger partial charge on any atom is 0.309 e. The number of rotatable bonds is 7. The van der Waals surface area contributed by atoms with Crippen LogP contribution in [0.3, 0.4) is 0 Å². The van der Waals surface area contributed by atoms with Crippen LogP contribution in [0.1, 0.15) is 32.3 Å². The number of benzene rings is 1. The molecular formula is C16H22O3. The van der Waals surface area contributed by atoms with E-state index in [1.165, 1.54) is 5.56 Å². The fourth-order valence-corrected chi connectivity index (χ4v) is 1.80. The highest BCUT2D eigenvalue weighted by atomic mass is 16.5. The molecule has 1 rings (SSSR count). The van der Waals surface area contributed by atoms with Gasteiger partial charge >= 0.3 is 5.97 Å². The summed E-state index contributed by atoms with van der Waals surface area (Å²) in [6, 6.07) is 10.2. The Morgan fingerprint density at radius 2 is 2.05 bits per heavy atom. The second kappa shape index (κ2) is 7.74. The van der Waals surface area contributed by atoms with Crippen molar-refractivity contribution in [3.8, 4) is 0 Å². The van der Waals surface area contributed by atoms with Crippen LogP contribution in [0.15, 0.2) is 42.5 Å². The van der Waals surface area contributed by atoms with Gasteiger partial charge in [-0.2, -0.15) is 0 Å². The molecule has 0 saturated heterocycles. The summed E-state index contributed by atoms with van der Waals surface area (Å²) < 4.78 is 4.82. The molecule has 0 fully saturated rings. The first kappa shape index (κ1) is 15.4. The summed E-state index contributed by atoms with van der Waals surface area (Å²) in [5, 5.41) is 10.0. The summed E-state index contributed by atoms with van der Waals surface area (Å²) >= 11 is 0. The lowest BCUT2D eigenvalue weighted by atomic mass is 10.0. The first-order valence-corrected chi connectivity index (χ1v) is 6.63. The number of allylic oxidation sites excluding steroid dienone is 1. The van der Waals surface area contributed by atoms with Gasteiger partial charge in [-0.15, -0.1) is 0 Å². The number of hydrogen-bond acceptors (Lipinski definition) is 3. The van der Waals surface area contributed by atoms with Crippen molar-refractivity contribution in [1.82, 2.24) is 0 Å². The largest absolute Gasteiger partial charge is 0.466 e. The summed E-state index contributed by atoms with van der Waals surface area (Å²) in [4.78, 5) is 11.3. The van der Waals surface area contributed by atoms with Gasteiger partial charge in [-0.3, -0.25) is 4.79 Å². The molecule has 1 aromatic rings. The number of ether oxygens (including phenoxy) is 1.